The molecule has 0 bridgehead atoms. The first-order chi connectivity index (χ1) is 15.6. The summed E-state index contributed by atoms with van der Waals surface area (Å²) in [6.45, 7) is 3.70. The van der Waals surface area contributed by atoms with Crippen LogP contribution in [-0.2, 0) is 28.2 Å². The maximum Gasteiger partial charge on any atom is 1.00 e. The molecule has 34 heavy (non-hydrogen) atoms. The van der Waals surface area contributed by atoms with Crippen LogP contribution in [0.3, 0.4) is 0 Å². The molecule has 0 aromatic rings. The Balaban J connectivity index is 0.0000109. The molecule has 0 saturated carbocycles. The van der Waals surface area contributed by atoms with Crippen molar-refractivity contribution < 1.29 is 77.7 Å². The van der Waals surface area contributed by atoms with Gasteiger partial charge in [0, 0.05) is 0 Å². The van der Waals surface area contributed by atoms with Crippen LogP contribution in [0.4, 0.5) is 0 Å². The molecule has 0 aliphatic carbocycles. The van der Waals surface area contributed by atoms with Crippen LogP contribution < -0.4 is 34.5 Å². The van der Waals surface area contributed by atoms with Gasteiger partial charge in [-0.1, -0.05) is 78.1 Å². The minimum absolute atomic E-state index is 0. The molecule has 0 radical (unpaired) electrons. The van der Waals surface area contributed by atoms with Gasteiger partial charge < -0.3 is 34.0 Å². The Morgan fingerprint density at radius 1 is 1.06 bits per heavy atom. The second-order valence-corrected chi connectivity index (χ2v) is 9.52. The molecule has 0 amide bonds. The van der Waals surface area contributed by atoms with Gasteiger partial charge in [-0.2, -0.15) is 0 Å². The number of cyclic esters (lactones) is 1. The van der Waals surface area contributed by atoms with Crippen LogP contribution in [0.15, 0.2) is 11.5 Å². The van der Waals surface area contributed by atoms with Crippen molar-refractivity contribution in [3.8, 4) is 0 Å². The Morgan fingerprint density at radius 2 is 1.56 bits per heavy atom. The maximum absolute atomic E-state index is 12.6. The van der Waals surface area contributed by atoms with Gasteiger partial charge in [0.25, 0.3) is 5.76 Å². The standard InChI is InChI=1S/C22H39O10P.Na/c1-3-5-7-9-10-12-14-16(13-11-8-6-4-2)21(25)30-15-17(23)19-18(24)20(22(26)31-19)32-33(27,28)29;/h16-17,19,23-24H,3-15H2,1-2H3,(H2,27,28,29);/q;+1/p-1. The predicted molar refractivity (Wildman–Crippen MR) is 118 cm³/mol. The average Bonchev–Trinajstić information content (AvgIpc) is 3.02. The van der Waals surface area contributed by atoms with Crippen LogP contribution in [0.5, 0.6) is 0 Å². The fourth-order valence-corrected chi connectivity index (χ4v) is 4.06. The Bertz CT molecular complexity index is 693. The minimum Gasteiger partial charge on any atom is -0.746 e. The smallest absolute Gasteiger partial charge is 0.746 e. The normalized spacial score (nSPS) is 19.1. The summed E-state index contributed by atoms with van der Waals surface area (Å²) in [6.07, 6.45) is 8.74. The zero-order valence-corrected chi connectivity index (χ0v) is 23.5. The van der Waals surface area contributed by atoms with E-state index in [-0.39, 0.29) is 35.5 Å². The average molecular weight is 517 g/mol. The van der Waals surface area contributed by atoms with Crippen molar-refractivity contribution in [3.63, 3.8) is 0 Å². The SMILES string of the molecule is CCCCCCCCC(CCCCCC)C(=O)OCC(O)C1OC(=O)C(OP(=O)([O-])O)=C1O.[Na+]. The monoisotopic (exact) mass is 516 g/mol. The molecule has 0 spiro atoms. The topological polar surface area (TPSA) is 163 Å². The molecule has 4 unspecified atom stereocenters. The fraction of sp³-hybridized carbons (Fsp3) is 0.818. The van der Waals surface area contributed by atoms with Crippen LogP contribution in [-0.4, -0.2) is 45.9 Å². The number of rotatable bonds is 18. The molecule has 3 N–H and O–H groups in total. The van der Waals surface area contributed by atoms with Crippen LogP contribution >= 0.6 is 7.82 Å². The van der Waals surface area contributed by atoms with Gasteiger partial charge in [0.1, 0.15) is 12.7 Å². The number of carbonyl (C=O) groups is 2. The van der Waals surface area contributed by atoms with E-state index in [0.717, 1.165) is 44.9 Å². The molecule has 0 saturated heterocycles. The van der Waals surface area contributed by atoms with E-state index in [1.54, 1.807) is 0 Å². The summed E-state index contributed by atoms with van der Waals surface area (Å²) in [5, 5.41) is 20.1. The van der Waals surface area contributed by atoms with Gasteiger partial charge in [-0.05, 0) is 12.8 Å². The molecule has 1 aliphatic rings. The molecule has 1 heterocycles. The number of hydrogen-bond acceptors (Lipinski definition) is 9. The van der Waals surface area contributed by atoms with Crippen molar-refractivity contribution in [2.45, 2.75) is 103 Å². The zero-order chi connectivity index (χ0) is 24.9. The van der Waals surface area contributed by atoms with Gasteiger partial charge in [0.2, 0.25) is 0 Å². The first-order valence-electron chi connectivity index (χ1n) is 11.8. The first kappa shape index (κ1) is 33.4. The summed E-state index contributed by atoms with van der Waals surface area (Å²) in [6, 6.07) is 0. The molecule has 0 fully saturated rings. The Hall–Kier alpha value is -0.610. The molecule has 0 aromatic carbocycles. The summed E-state index contributed by atoms with van der Waals surface area (Å²) in [5.74, 6) is -4.29. The fourth-order valence-electron chi connectivity index (χ4n) is 3.66. The number of aliphatic hydroxyl groups excluding tert-OH is 2. The number of phosphoric ester groups is 1. The molecule has 0 aromatic heterocycles. The molecule has 1 rings (SSSR count). The molecular formula is C22H38NaO10P. The summed E-state index contributed by atoms with van der Waals surface area (Å²) in [4.78, 5) is 43.8. The second-order valence-electron chi connectivity index (χ2n) is 8.40. The van der Waals surface area contributed by atoms with Crippen molar-refractivity contribution in [2.75, 3.05) is 6.61 Å². The van der Waals surface area contributed by atoms with Gasteiger partial charge >= 0.3 is 49.3 Å². The van der Waals surface area contributed by atoms with Gasteiger partial charge in [-0.25, -0.2) is 4.79 Å². The van der Waals surface area contributed by atoms with E-state index in [2.05, 4.69) is 23.1 Å². The van der Waals surface area contributed by atoms with Crippen LogP contribution in [0.25, 0.3) is 0 Å². The van der Waals surface area contributed by atoms with Crippen molar-refractivity contribution in [1.82, 2.24) is 0 Å². The van der Waals surface area contributed by atoms with Gasteiger partial charge in [0.05, 0.1) is 5.92 Å². The van der Waals surface area contributed by atoms with E-state index in [1.165, 1.54) is 19.3 Å². The quantitative estimate of drug-likeness (QED) is 0.101. The largest absolute Gasteiger partial charge is 1.00 e. The Labute approximate surface area is 224 Å². The van der Waals surface area contributed by atoms with Gasteiger partial charge in [0.15, 0.2) is 11.9 Å². The molecular weight excluding hydrogens is 478 g/mol. The summed E-state index contributed by atoms with van der Waals surface area (Å²) < 4.78 is 24.7. The zero-order valence-electron chi connectivity index (χ0n) is 20.6. The van der Waals surface area contributed by atoms with E-state index >= 15 is 0 Å². The number of unbranched alkanes of at least 4 members (excludes halogenated alkanes) is 8. The first-order valence-corrected chi connectivity index (χ1v) is 13.3. The van der Waals surface area contributed by atoms with Crippen molar-refractivity contribution >= 4 is 19.8 Å². The molecule has 192 valence electrons. The molecule has 1 aliphatic heterocycles. The van der Waals surface area contributed by atoms with Gasteiger partial charge in [-0.15, -0.1) is 0 Å². The number of esters is 2. The van der Waals surface area contributed by atoms with Crippen LogP contribution in [0.2, 0.25) is 0 Å². The van der Waals surface area contributed by atoms with Crippen molar-refractivity contribution in [3.05, 3.63) is 11.5 Å². The number of phosphoric acid groups is 1. The van der Waals surface area contributed by atoms with E-state index < -0.39 is 50.1 Å². The van der Waals surface area contributed by atoms with E-state index in [4.69, 9.17) is 9.63 Å². The third-order valence-corrected chi connectivity index (χ3v) is 5.93. The summed E-state index contributed by atoms with van der Waals surface area (Å²) >= 11 is 0. The van der Waals surface area contributed by atoms with Crippen LogP contribution in [0.1, 0.15) is 90.9 Å². The number of ether oxygens (including phenoxy) is 2. The molecule has 12 heteroatoms. The van der Waals surface area contributed by atoms with Crippen molar-refractivity contribution in [1.29, 1.82) is 0 Å². The number of carbonyl (C=O) groups excluding carboxylic acids is 2. The van der Waals surface area contributed by atoms with Gasteiger partial charge in [-0.3, -0.25) is 9.36 Å². The predicted octanol–water partition coefficient (Wildman–Crippen LogP) is 0.404. The van der Waals surface area contributed by atoms with Crippen LogP contribution in [0, 0.1) is 5.92 Å². The third-order valence-electron chi connectivity index (χ3n) is 5.52. The molecule has 4 atom stereocenters. The van der Waals surface area contributed by atoms with E-state index in [9.17, 15) is 29.3 Å². The van der Waals surface area contributed by atoms with E-state index in [1.807, 2.05) is 0 Å². The van der Waals surface area contributed by atoms with Crippen molar-refractivity contribution in [2.24, 2.45) is 5.92 Å². The second kappa shape index (κ2) is 17.8. The molecule has 10 nitrogen and oxygen atoms in total. The third kappa shape index (κ3) is 12.9. The Kier molecular flexibility index (Phi) is 17.4. The number of aliphatic hydroxyl groups is 2. The summed E-state index contributed by atoms with van der Waals surface area (Å²) in [7, 11) is -5.36. The summed E-state index contributed by atoms with van der Waals surface area (Å²) in [5.41, 5.74) is 0. The van der Waals surface area contributed by atoms with E-state index in [0.29, 0.717) is 12.8 Å². The minimum atomic E-state index is -5.36. The number of hydrogen-bond donors (Lipinski definition) is 3. The maximum atomic E-state index is 12.6. The Morgan fingerprint density at radius 3 is 2.09 bits per heavy atom.